The Morgan fingerprint density at radius 3 is 2.25 bits per heavy atom. The third-order valence-corrected chi connectivity index (χ3v) is 4.84. The van der Waals surface area contributed by atoms with Crippen molar-refractivity contribution >= 4 is 24.1 Å². The maximum atomic E-state index is 13.1. The first-order valence-corrected chi connectivity index (χ1v) is 11.9. The molecular formula is C25H38FN3O7. The van der Waals surface area contributed by atoms with Gasteiger partial charge in [-0.25, -0.2) is 18.8 Å². The zero-order valence-electron chi connectivity index (χ0n) is 21.8. The number of carbonyl (C=O) groups is 4. The molecule has 36 heavy (non-hydrogen) atoms. The van der Waals surface area contributed by atoms with Crippen LogP contribution in [0.3, 0.4) is 0 Å². The number of alkyl carbamates (subject to hydrolysis) is 1. The summed E-state index contributed by atoms with van der Waals surface area (Å²) >= 11 is 0. The lowest BCUT2D eigenvalue weighted by atomic mass is 10.1. The summed E-state index contributed by atoms with van der Waals surface area (Å²) in [6.07, 6.45) is -0.578. The first kappa shape index (κ1) is 30.7. The summed E-state index contributed by atoms with van der Waals surface area (Å²) in [6.45, 7) is 12.3. The SMILES string of the molecule is CC(C)(C)OC(=O)NCC(=O)N1CCCC1C(=O)O.CC(C)C.O=C(O)N1Cc2cccc(F)c2C1. The van der Waals surface area contributed by atoms with Gasteiger partial charge in [-0.2, -0.15) is 0 Å². The first-order valence-electron chi connectivity index (χ1n) is 11.9. The highest BCUT2D eigenvalue weighted by molar-refractivity contribution is 5.87. The van der Waals surface area contributed by atoms with Crippen molar-refractivity contribution in [3.05, 3.63) is 35.1 Å². The molecule has 2 heterocycles. The van der Waals surface area contributed by atoms with E-state index in [-0.39, 0.29) is 18.9 Å². The second-order valence-corrected chi connectivity index (χ2v) is 10.2. The monoisotopic (exact) mass is 511 g/mol. The highest BCUT2D eigenvalue weighted by Gasteiger charge is 2.34. The molecule has 10 nitrogen and oxygen atoms in total. The van der Waals surface area contributed by atoms with Crippen molar-refractivity contribution in [1.29, 1.82) is 0 Å². The Bertz CT molecular complexity index is 928. The molecule has 1 saturated heterocycles. The molecule has 2 aliphatic heterocycles. The first-order chi connectivity index (χ1) is 16.6. The highest BCUT2D eigenvalue weighted by Crippen LogP contribution is 2.24. The van der Waals surface area contributed by atoms with E-state index in [1.54, 1.807) is 32.9 Å². The zero-order valence-corrected chi connectivity index (χ0v) is 21.8. The van der Waals surface area contributed by atoms with Gasteiger partial charge in [0.2, 0.25) is 5.91 Å². The van der Waals surface area contributed by atoms with E-state index in [9.17, 15) is 23.6 Å². The smallest absolute Gasteiger partial charge is 0.408 e. The molecule has 1 aromatic rings. The van der Waals surface area contributed by atoms with E-state index in [4.69, 9.17) is 14.9 Å². The number of carboxylic acids is 1. The van der Waals surface area contributed by atoms with Gasteiger partial charge in [0.25, 0.3) is 0 Å². The van der Waals surface area contributed by atoms with Crippen molar-refractivity contribution in [3.63, 3.8) is 0 Å². The van der Waals surface area contributed by atoms with Crippen LogP contribution in [0.25, 0.3) is 0 Å². The molecule has 0 aliphatic carbocycles. The van der Waals surface area contributed by atoms with E-state index >= 15 is 0 Å². The highest BCUT2D eigenvalue weighted by atomic mass is 19.1. The number of likely N-dealkylation sites (tertiary alicyclic amines) is 1. The molecule has 2 aliphatic rings. The minimum atomic E-state index is -1.01. The van der Waals surface area contributed by atoms with Crippen LogP contribution < -0.4 is 5.32 Å². The standard InChI is InChI=1S/C12H20N2O5.C9H8FNO2.C4H10/c1-12(2,3)19-11(18)13-7-9(15)14-6-4-5-8(14)10(16)17;10-8-3-1-2-6-4-11(9(12)13)5-7(6)8;1-4(2)3/h8H,4-7H2,1-3H3,(H,13,18)(H,16,17);1-3H,4-5H2,(H,12,13);4H,1-3H3. The van der Waals surface area contributed by atoms with E-state index in [2.05, 4.69) is 26.1 Å². The predicted molar refractivity (Wildman–Crippen MR) is 131 cm³/mol. The predicted octanol–water partition coefficient (Wildman–Crippen LogP) is 4.07. The van der Waals surface area contributed by atoms with E-state index in [0.29, 0.717) is 31.5 Å². The largest absolute Gasteiger partial charge is 0.480 e. The third-order valence-electron chi connectivity index (χ3n) is 4.84. The number of carboxylic acid groups (broad SMARTS) is 2. The van der Waals surface area contributed by atoms with Crippen molar-refractivity contribution in [2.75, 3.05) is 13.1 Å². The van der Waals surface area contributed by atoms with Crippen molar-refractivity contribution in [2.24, 2.45) is 5.92 Å². The number of rotatable bonds is 3. The third kappa shape index (κ3) is 10.5. The van der Waals surface area contributed by atoms with Gasteiger partial charge in [-0.05, 0) is 51.2 Å². The van der Waals surface area contributed by atoms with E-state index in [1.807, 2.05) is 0 Å². The maximum absolute atomic E-state index is 13.1. The van der Waals surface area contributed by atoms with Crippen molar-refractivity contribution in [1.82, 2.24) is 15.1 Å². The summed E-state index contributed by atoms with van der Waals surface area (Å²) in [5, 5.41) is 20.0. The Kier molecular flexibility index (Phi) is 11.6. The van der Waals surface area contributed by atoms with Gasteiger partial charge >= 0.3 is 18.2 Å². The molecule has 3 rings (SSSR count). The summed E-state index contributed by atoms with van der Waals surface area (Å²) < 4.78 is 18.1. The average molecular weight is 512 g/mol. The number of carbonyl (C=O) groups excluding carboxylic acids is 2. The molecule has 1 fully saturated rings. The fourth-order valence-electron chi connectivity index (χ4n) is 3.40. The van der Waals surface area contributed by atoms with Crippen LogP contribution in [0.1, 0.15) is 65.5 Å². The molecule has 11 heteroatoms. The van der Waals surface area contributed by atoms with Gasteiger partial charge in [0.1, 0.15) is 24.0 Å². The Balaban J connectivity index is 0.000000328. The number of fused-ring (bicyclic) bond motifs is 1. The van der Waals surface area contributed by atoms with Crippen LogP contribution in [0.2, 0.25) is 0 Å². The van der Waals surface area contributed by atoms with Gasteiger partial charge in [-0.15, -0.1) is 0 Å². The van der Waals surface area contributed by atoms with Crippen LogP contribution in [-0.2, 0) is 27.4 Å². The van der Waals surface area contributed by atoms with Crippen LogP contribution in [-0.4, -0.2) is 68.8 Å². The molecule has 1 unspecified atom stereocenters. The quantitative estimate of drug-likeness (QED) is 0.556. The summed E-state index contributed by atoms with van der Waals surface area (Å²) in [6, 6.07) is 3.92. The molecule has 1 atom stereocenters. The van der Waals surface area contributed by atoms with E-state index in [1.165, 1.54) is 15.9 Å². The zero-order chi connectivity index (χ0) is 27.6. The lowest BCUT2D eigenvalue weighted by Gasteiger charge is -2.23. The molecule has 0 saturated carbocycles. The van der Waals surface area contributed by atoms with Gasteiger partial charge < -0.3 is 25.2 Å². The summed E-state index contributed by atoms with van der Waals surface area (Å²) in [5.41, 5.74) is 0.636. The lowest BCUT2D eigenvalue weighted by Crippen LogP contribution is -2.46. The molecule has 0 spiro atoms. The number of halogens is 1. The molecule has 3 N–H and O–H groups in total. The molecule has 202 valence electrons. The Hall–Kier alpha value is -3.37. The number of hydrogen-bond donors (Lipinski definition) is 3. The van der Waals surface area contributed by atoms with Crippen LogP contribution in [0.15, 0.2) is 18.2 Å². The van der Waals surface area contributed by atoms with Crippen LogP contribution >= 0.6 is 0 Å². The van der Waals surface area contributed by atoms with Crippen molar-refractivity contribution < 1.29 is 38.5 Å². The van der Waals surface area contributed by atoms with Gasteiger partial charge in [-0.3, -0.25) is 9.69 Å². The topological polar surface area (TPSA) is 136 Å². The number of hydrogen-bond acceptors (Lipinski definition) is 5. The number of nitrogens with zero attached hydrogens (tertiary/aromatic N) is 2. The number of nitrogens with one attached hydrogen (secondary N) is 1. The summed E-state index contributed by atoms with van der Waals surface area (Å²) in [5.74, 6) is -0.903. The molecular weight excluding hydrogens is 473 g/mol. The maximum Gasteiger partial charge on any atom is 0.408 e. The molecule has 1 aromatic carbocycles. The molecule has 3 amide bonds. The fraction of sp³-hybridized carbons (Fsp3) is 0.600. The number of ether oxygens (including phenoxy) is 1. The van der Waals surface area contributed by atoms with E-state index in [0.717, 1.165) is 11.5 Å². The molecule has 0 aromatic heterocycles. The average Bonchev–Trinajstić information content (AvgIpc) is 3.39. The second-order valence-electron chi connectivity index (χ2n) is 10.2. The van der Waals surface area contributed by atoms with Gasteiger partial charge in [0, 0.05) is 18.7 Å². The normalized spacial score (nSPS) is 16.3. The van der Waals surface area contributed by atoms with E-state index < -0.39 is 35.7 Å². The van der Waals surface area contributed by atoms with Gasteiger partial charge in [-0.1, -0.05) is 32.9 Å². The number of benzene rings is 1. The second kappa shape index (κ2) is 13.6. The Morgan fingerprint density at radius 1 is 1.14 bits per heavy atom. The lowest BCUT2D eigenvalue weighted by molar-refractivity contribution is -0.147. The minimum Gasteiger partial charge on any atom is -0.480 e. The molecule has 0 radical (unpaired) electrons. The van der Waals surface area contributed by atoms with Gasteiger partial charge in [0.15, 0.2) is 0 Å². The van der Waals surface area contributed by atoms with Gasteiger partial charge in [0.05, 0.1) is 6.54 Å². The minimum absolute atomic E-state index is 0.164. The summed E-state index contributed by atoms with van der Waals surface area (Å²) in [4.78, 5) is 47.2. The number of amides is 3. The van der Waals surface area contributed by atoms with Crippen LogP contribution in [0, 0.1) is 11.7 Å². The van der Waals surface area contributed by atoms with Crippen LogP contribution in [0.4, 0.5) is 14.0 Å². The Labute approximate surface area is 211 Å². The molecule has 0 bridgehead atoms. The van der Waals surface area contributed by atoms with Crippen molar-refractivity contribution in [2.45, 2.75) is 79.1 Å². The summed E-state index contributed by atoms with van der Waals surface area (Å²) in [7, 11) is 0. The van der Waals surface area contributed by atoms with Crippen LogP contribution in [0.5, 0.6) is 0 Å². The van der Waals surface area contributed by atoms with Crippen molar-refractivity contribution in [3.8, 4) is 0 Å². The Morgan fingerprint density at radius 2 is 1.75 bits per heavy atom. The fourth-order valence-corrected chi connectivity index (χ4v) is 3.40. The number of aliphatic carboxylic acids is 1.